The molecule has 6 heteroatoms. The Morgan fingerprint density at radius 2 is 2.06 bits per heavy atom. The van der Waals surface area contributed by atoms with Crippen LogP contribution in [0.4, 0.5) is 0 Å². The standard InChI is InChI=1S/C10H8N4OS/c1-6-11-12-10-14(6)13-9(16-10)7-4-2-3-5-8(7)15/h2-5,15H,1H3. The van der Waals surface area contributed by atoms with E-state index in [1.807, 2.05) is 19.1 Å². The quantitative estimate of drug-likeness (QED) is 0.695. The molecule has 16 heavy (non-hydrogen) atoms. The van der Waals surface area contributed by atoms with Crippen LogP contribution < -0.4 is 0 Å². The first-order chi connectivity index (χ1) is 7.75. The number of benzene rings is 1. The van der Waals surface area contributed by atoms with Gasteiger partial charge in [-0.05, 0) is 19.1 Å². The lowest BCUT2D eigenvalue weighted by Gasteiger charge is -1.97. The van der Waals surface area contributed by atoms with Crippen molar-refractivity contribution < 1.29 is 5.11 Å². The van der Waals surface area contributed by atoms with Crippen molar-refractivity contribution in [1.29, 1.82) is 0 Å². The van der Waals surface area contributed by atoms with E-state index in [-0.39, 0.29) is 5.75 Å². The highest BCUT2D eigenvalue weighted by Crippen LogP contribution is 2.31. The van der Waals surface area contributed by atoms with Crippen molar-refractivity contribution in [2.24, 2.45) is 0 Å². The number of aromatic hydroxyl groups is 1. The zero-order valence-electron chi connectivity index (χ0n) is 8.45. The van der Waals surface area contributed by atoms with E-state index in [4.69, 9.17) is 0 Å². The normalized spacial score (nSPS) is 11.1. The number of fused-ring (bicyclic) bond motifs is 1. The lowest BCUT2D eigenvalue weighted by atomic mass is 10.2. The summed E-state index contributed by atoms with van der Waals surface area (Å²) in [6.07, 6.45) is 0. The minimum absolute atomic E-state index is 0.227. The van der Waals surface area contributed by atoms with Crippen molar-refractivity contribution in [3.05, 3.63) is 30.1 Å². The maximum Gasteiger partial charge on any atom is 0.234 e. The van der Waals surface area contributed by atoms with Crippen molar-refractivity contribution in [1.82, 2.24) is 19.8 Å². The minimum Gasteiger partial charge on any atom is -0.507 e. The first-order valence-electron chi connectivity index (χ1n) is 4.73. The van der Waals surface area contributed by atoms with Gasteiger partial charge in [0.2, 0.25) is 4.96 Å². The molecule has 0 aliphatic rings. The molecule has 0 radical (unpaired) electrons. The average Bonchev–Trinajstić information content (AvgIpc) is 2.82. The third-order valence-electron chi connectivity index (χ3n) is 2.28. The lowest BCUT2D eigenvalue weighted by molar-refractivity contribution is 0.477. The highest BCUT2D eigenvalue weighted by molar-refractivity contribution is 7.19. The van der Waals surface area contributed by atoms with Gasteiger partial charge in [-0.1, -0.05) is 23.5 Å². The van der Waals surface area contributed by atoms with Crippen molar-refractivity contribution in [2.45, 2.75) is 6.92 Å². The van der Waals surface area contributed by atoms with Crippen LogP contribution in [0.2, 0.25) is 0 Å². The molecule has 0 amide bonds. The molecule has 2 heterocycles. The van der Waals surface area contributed by atoms with Crippen molar-refractivity contribution in [3.8, 4) is 16.3 Å². The van der Waals surface area contributed by atoms with E-state index in [2.05, 4.69) is 15.3 Å². The van der Waals surface area contributed by atoms with Crippen LogP contribution in [0.15, 0.2) is 24.3 Å². The molecule has 0 saturated heterocycles. The van der Waals surface area contributed by atoms with Gasteiger partial charge in [0.05, 0.1) is 5.56 Å². The summed E-state index contributed by atoms with van der Waals surface area (Å²) in [4.78, 5) is 0.732. The molecule has 0 saturated carbocycles. The molecule has 0 bridgehead atoms. The molecule has 0 atom stereocenters. The molecule has 80 valence electrons. The summed E-state index contributed by atoms with van der Waals surface area (Å²) in [5, 5.41) is 22.7. The molecular formula is C10H8N4OS. The zero-order chi connectivity index (χ0) is 11.1. The summed E-state index contributed by atoms with van der Waals surface area (Å²) in [6, 6.07) is 7.12. The van der Waals surface area contributed by atoms with E-state index < -0.39 is 0 Å². The topological polar surface area (TPSA) is 63.3 Å². The molecule has 1 N–H and O–H groups in total. The molecule has 0 aliphatic heterocycles. The van der Waals surface area contributed by atoms with E-state index in [1.165, 1.54) is 11.3 Å². The van der Waals surface area contributed by atoms with E-state index in [9.17, 15) is 5.11 Å². The maximum atomic E-state index is 9.72. The number of hydrogen-bond donors (Lipinski definition) is 1. The summed E-state index contributed by atoms with van der Waals surface area (Å²) in [7, 11) is 0. The Balaban J connectivity index is 2.23. The van der Waals surface area contributed by atoms with Gasteiger partial charge >= 0.3 is 0 Å². The Morgan fingerprint density at radius 1 is 1.25 bits per heavy atom. The first-order valence-corrected chi connectivity index (χ1v) is 5.54. The van der Waals surface area contributed by atoms with Crippen LogP contribution in [0, 0.1) is 6.92 Å². The number of phenolic OH excluding ortho intramolecular Hbond substituents is 1. The van der Waals surface area contributed by atoms with E-state index >= 15 is 0 Å². The predicted molar refractivity (Wildman–Crippen MR) is 60.5 cm³/mol. The Bertz CT molecular complexity index is 658. The number of hydrogen-bond acceptors (Lipinski definition) is 5. The van der Waals surface area contributed by atoms with Gasteiger partial charge in [0, 0.05) is 0 Å². The van der Waals surface area contributed by atoms with Crippen LogP contribution in [0.3, 0.4) is 0 Å². The molecule has 5 nitrogen and oxygen atoms in total. The molecule has 3 rings (SSSR count). The summed E-state index contributed by atoms with van der Waals surface area (Å²) >= 11 is 1.40. The summed E-state index contributed by atoms with van der Waals surface area (Å²) in [5.74, 6) is 0.970. The number of phenols is 1. The van der Waals surface area contributed by atoms with Gasteiger partial charge in [0.1, 0.15) is 5.75 Å². The summed E-state index contributed by atoms with van der Waals surface area (Å²) < 4.78 is 1.67. The monoisotopic (exact) mass is 232 g/mol. The Labute approximate surface area is 95.0 Å². The fourth-order valence-electron chi connectivity index (χ4n) is 1.48. The maximum absolute atomic E-state index is 9.72. The van der Waals surface area contributed by atoms with Gasteiger partial charge in [-0.15, -0.1) is 10.2 Å². The van der Waals surface area contributed by atoms with Gasteiger partial charge in [-0.2, -0.15) is 9.61 Å². The molecule has 3 aromatic rings. The van der Waals surface area contributed by atoms with Crippen LogP contribution >= 0.6 is 11.3 Å². The average molecular weight is 232 g/mol. The molecule has 2 aromatic heterocycles. The van der Waals surface area contributed by atoms with Gasteiger partial charge in [-0.25, -0.2) is 0 Å². The number of rotatable bonds is 1. The third-order valence-corrected chi connectivity index (χ3v) is 3.21. The smallest absolute Gasteiger partial charge is 0.234 e. The molecule has 1 aromatic carbocycles. The number of aromatic nitrogens is 4. The first kappa shape index (κ1) is 9.29. The van der Waals surface area contributed by atoms with E-state index in [0.717, 1.165) is 21.4 Å². The van der Waals surface area contributed by atoms with Crippen LogP contribution in [-0.4, -0.2) is 24.9 Å². The molecular weight excluding hydrogens is 224 g/mol. The number of nitrogens with zero attached hydrogens (tertiary/aromatic N) is 4. The fraction of sp³-hybridized carbons (Fsp3) is 0.100. The van der Waals surface area contributed by atoms with Crippen LogP contribution in [0.25, 0.3) is 15.5 Å². The Hall–Kier alpha value is -1.95. The third kappa shape index (κ3) is 1.27. The Kier molecular flexibility index (Phi) is 1.90. The van der Waals surface area contributed by atoms with Gasteiger partial charge < -0.3 is 5.11 Å². The zero-order valence-corrected chi connectivity index (χ0v) is 9.27. The van der Waals surface area contributed by atoms with Gasteiger partial charge in [0.25, 0.3) is 0 Å². The van der Waals surface area contributed by atoms with E-state index in [1.54, 1.807) is 16.6 Å². The van der Waals surface area contributed by atoms with Gasteiger partial charge in [0.15, 0.2) is 10.8 Å². The van der Waals surface area contributed by atoms with Crippen molar-refractivity contribution >= 4 is 16.3 Å². The molecule has 0 aliphatic carbocycles. The minimum atomic E-state index is 0.227. The highest BCUT2D eigenvalue weighted by atomic mass is 32.1. The van der Waals surface area contributed by atoms with Crippen molar-refractivity contribution in [3.63, 3.8) is 0 Å². The van der Waals surface area contributed by atoms with Crippen LogP contribution in [0.5, 0.6) is 5.75 Å². The van der Waals surface area contributed by atoms with E-state index in [0.29, 0.717) is 0 Å². The van der Waals surface area contributed by atoms with Crippen LogP contribution in [-0.2, 0) is 0 Å². The molecule has 0 unspecified atom stereocenters. The second kappa shape index (κ2) is 3.28. The largest absolute Gasteiger partial charge is 0.507 e. The summed E-state index contributed by atoms with van der Waals surface area (Å²) in [6.45, 7) is 1.84. The highest BCUT2D eigenvalue weighted by Gasteiger charge is 2.12. The number of para-hydroxylation sites is 1. The predicted octanol–water partition coefficient (Wildman–Crippen LogP) is 1.87. The Morgan fingerprint density at radius 3 is 2.81 bits per heavy atom. The fourth-order valence-corrected chi connectivity index (χ4v) is 2.40. The van der Waals surface area contributed by atoms with Crippen molar-refractivity contribution in [2.75, 3.05) is 0 Å². The molecule has 0 fully saturated rings. The summed E-state index contributed by atoms with van der Waals surface area (Å²) in [5.41, 5.74) is 0.720. The number of aryl methyl sites for hydroxylation is 1. The SMILES string of the molecule is Cc1nnc2sc(-c3ccccc3O)nn12. The van der Waals surface area contributed by atoms with Gasteiger partial charge in [-0.3, -0.25) is 0 Å². The second-order valence-electron chi connectivity index (χ2n) is 3.37. The van der Waals surface area contributed by atoms with Crippen LogP contribution in [0.1, 0.15) is 5.82 Å². The lowest BCUT2D eigenvalue weighted by Crippen LogP contribution is -1.88. The molecule has 0 spiro atoms. The second-order valence-corrected chi connectivity index (χ2v) is 4.32.